The highest BCUT2D eigenvalue weighted by atomic mass is 35.5. The number of amides is 1. The van der Waals surface area contributed by atoms with Crippen molar-refractivity contribution in [1.82, 2.24) is 9.27 Å². The zero-order valence-electron chi connectivity index (χ0n) is 34.3. The van der Waals surface area contributed by atoms with Gasteiger partial charge >= 0.3 is 5.97 Å². The third-order valence-electron chi connectivity index (χ3n) is 10.3. The van der Waals surface area contributed by atoms with Gasteiger partial charge in [0.15, 0.2) is 6.29 Å². The van der Waals surface area contributed by atoms with E-state index >= 15 is 0 Å². The lowest BCUT2D eigenvalue weighted by Crippen LogP contribution is -2.48. The van der Waals surface area contributed by atoms with Crippen LogP contribution >= 0.6 is 23.1 Å². The van der Waals surface area contributed by atoms with Crippen LogP contribution in [0, 0.1) is 0 Å². The van der Waals surface area contributed by atoms with E-state index < -0.39 is 18.5 Å². The molecular formula is C47H61ClN4O5S. The molecule has 1 aromatic heterocycles. The number of aliphatic hydroxyl groups is 1. The van der Waals surface area contributed by atoms with Crippen molar-refractivity contribution < 1.29 is 24.2 Å². The molecule has 312 valence electrons. The third kappa shape index (κ3) is 13.8. The lowest BCUT2D eigenvalue weighted by Gasteiger charge is -2.35. The van der Waals surface area contributed by atoms with Crippen LogP contribution in [-0.4, -0.2) is 78.1 Å². The van der Waals surface area contributed by atoms with Gasteiger partial charge in [-0.25, -0.2) is 4.79 Å². The fourth-order valence-electron chi connectivity index (χ4n) is 7.14. The number of aliphatic hydroxyl groups excluding tert-OH is 1. The maximum Gasteiger partial charge on any atom is 0.357 e. The molecule has 3 heterocycles. The Bertz CT molecular complexity index is 1900. The molecule has 1 amide bonds. The Balaban J connectivity index is 1.04. The van der Waals surface area contributed by atoms with E-state index in [0.717, 1.165) is 81.8 Å². The first-order valence-electron chi connectivity index (χ1n) is 21.1. The number of carbonyl (C=O) groups is 2. The lowest BCUT2D eigenvalue weighted by atomic mass is 10.1. The van der Waals surface area contributed by atoms with E-state index in [1.807, 2.05) is 24.3 Å². The molecule has 0 spiro atoms. The summed E-state index contributed by atoms with van der Waals surface area (Å²) in [6.07, 6.45) is 29.2. The van der Waals surface area contributed by atoms with Gasteiger partial charge in [0, 0.05) is 49.6 Å². The minimum Gasteiger partial charge on any atom is -0.463 e. The van der Waals surface area contributed by atoms with Crippen molar-refractivity contribution in [2.24, 2.45) is 0 Å². The molecule has 11 heteroatoms. The van der Waals surface area contributed by atoms with Crippen LogP contribution in [0.3, 0.4) is 0 Å². The molecule has 0 bridgehead atoms. The fourth-order valence-corrected chi connectivity index (χ4v) is 8.19. The second-order valence-electron chi connectivity index (χ2n) is 14.7. The summed E-state index contributed by atoms with van der Waals surface area (Å²) in [7, 11) is 0. The number of piperazine rings is 1. The minimum atomic E-state index is -1.43. The summed E-state index contributed by atoms with van der Waals surface area (Å²) in [5.74, 6) is 0.0292. The van der Waals surface area contributed by atoms with Crippen LogP contribution in [0.15, 0.2) is 97.2 Å². The number of esters is 1. The second kappa shape index (κ2) is 24.8. The number of carbonyl (C=O) groups excluding carboxylic acids is 2. The Morgan fingerprint density at radius 2 is 1.55 bits per heavy atom. The normalized spacial score (nSPS) is 16.4. The van der Waals surface area contributed by atoms with Crippen molar-refractivity contribution in [2.75, 3.05) is 49.1 Å². The first-order valence-corrected chi connectivity index (χ1v) is 22.2. The van der Waals surface area contributed by atoms with Gasteiger partial charge in [0.1, 0.15) is 5.82 Å². The quantitative estimate of drug-likeness (QED) is 0.0413. The molecule has 3 aromatic rings. The molecule has 2 aliphatic rings. The van der Waals surface area contributed by atoms with Crippen LogP contribution in [0.1, 0.15) is 89.2 Å². The summed E-state index contributed by atoms with van der Waals surface area (Å²) >= 11 is 8.37. The van der Waals surface area contributed by atoms with E-state index in [0.29, 0.717) is 17.1 Å². The van der Waals surface area contributed by atoms with E-state index in [4.69, 9.17) is 25.4 Å². The van der Waals surface area contributed by atoms with Gasteiger partial charge in [-0.15, -0.1) is 0 Å². The molecule has 2 aliphatic heterocycles. The van der Waals surface area contributed by atoms with Gasteiger partial charge < -0.3 is 19.5 Å². The molecule has 2 atom stereocenters. The van der Waals surface area contributed by atoms with Crippen LogP contribution in [0.4, 0.5) is 11.5 Å². The number of benzene rings is 2. The average molecular weight is 830 g/mol. The number of allylic oxidation sites excluding steroid dienone is 10. The fraction of sp³-hybridized carbons (Fsp3) is 0.468. The topological polar surface area (TPSA) is 95.4 Å². The Morgan fingerprint density at radius 1 is 0.897 bits per heavy atom. The molecule has 1 N–H and O–H groups in total. The van der Waals surface area contributed by atoms with E-state index in [1.165, 1.54) is 40.7 Å². The van der Waals surface area contributed by atoms with E-state index in [-0.39, 0.29) is 25.4 Å². The number of anilines is 2. The maximum atomic E-state index is 13.4. The molecule has 0 saturated carbocycles. The molecule has 2 unspecified atom stereocenters. The van der Waals surface area contributed by atoms with E-state index in [9.17, 15) is 14.7 Å². The zero-order valence-corrected chi connectivity index (χ0v) is 35.8. The van der Waals surface area contributed by atoms with Crippen molar-refractivity contribution in [3.63, 3.8) is 0 Å². The standard InChI is InChI=1S/C47H61ClN4O5S/c1-3-5-6-7-8-9-10-11-12-13-14-15-16-17-18-19-20-21-22-27-44(54)57-46(47(55)56-4-2)52-41-36-40(48)37(34-38(41)35-43(52)53)28-29-50-30-32-51(33-31-50)45-39-25-23-24-26-42(39)58-49-45/h8-9,11-12,14-15,17-18,20-21,23-26,34,36,44,46,54H,3-7,10,13,16,19,22,27-33,35H2,1-2H3/b9-8-,12-11-,15-14-,18-17-,21-20-. The number of rotatable bonds is 24. The summed E-state index contributed by atoms with van der Waals surface area (Å²) in [4.78, 5) is 32.6. The molecule has 9 nitrogen and oxygen atoms in total. The molecule has 58 heavy (non-hydrogen) atoms. The molecule has 1 saturated heterocycles. The molecular weight excluding hydrogens is 768 g/mol. The van der Waals surface area contributed by atoms with Crippen molar-refractivity contribution in [3.05, 3.63) is 113 Å². The zero-order chi connectivity index (χ0) is 41.0. The Kier molecular flexibility index (Phi) is 19.2. The molecule has 2 aromatic carbocycles. The Labute approximate surface area is 354 Å². The summed E-state index contributed by atoms with van der Waals surface area (Å²) in [6, 6.07) is 12.1. The Morgan fingerprint density at radius 3 is 2.22 bits per heavy atom. The smallest absolute Gasteiger partial charge is 0.357 e. The maximum absolute atomic E-state index is 13.4. The number of fused-ring (bicyclic) bond motifs is 2. The van der Waals surface area contributed by atoms with Crippen LogP contribution in [0.2, 0.25) is 5.02 Å². The molecule has 0 aliphatic carbocycles. The van der Waals surface area contributed by atoms with Gasteiger partial charge in [0.2, 0.25) is 12.1 Å². The first kappa shape index (κ1) is 45.0. The van der Waals surface area contributed by atoms with Crippen molar-refractivity contribution in [2.45, 2.75) is 103 Å². The summed E-state index contributed by atoms with van der Waals surface area (Å²) in [5, 5.41) is 12.5. The van der Waals surface area contributed by atoms with Gasteiger partial charge in [-0.2, -0.15) is 4.37 Å². The highest BCUT2D eigenvalue weighted by Crippen LogP contribution is 2.37. The predicted molar refractivity (Wildman–Crippen MR) is 240 cm³/mol. The Hall–Kier alpha value is -4.06. The summed E-state index contributed by atoms with van der Waals surface area (Å²) < 4.78 is 17.1. The van der Waals surface area contributed by atoms with Crippen LogP contribution in [0.5, 0.6) is 0 Å². The van der Waals surface area contributed by atoms with Gasteiger partial charge in [-0.05, 0) is 99.1 Å². The van der Waals surface area contributed by atoms with E-state index in [2.05, 4.69) is 83.5 Å². The highest BCUT2D eigenvalue weighted by Gasteiger charge is 2.40. The first-order chi connectivity index (χ1) is 28.4. The second-order valence-corrected chi connectivity index (χ2v) is 15.9. The number of hydrogen-bond donors (Lipinski definition) is 1. The van der Waals surface area contributed by atoms with Crippen molar-refractivity contribution in [1.29, 1.82) is 0 Å². The van der Waals surface area contributed by atoms with Crippen molar-refractivity contribution in [3.8, 4) is 0 Å². The van der Waals surface area contributed by atoms with Crippen LogP contribution in [0.25, 0.3) is 10.1 Å². The monoisotopic (exact) mass is 828 g/mol. The summed E-state index contributed by atoms with van der Waals surface area (Å²) in [6.45, 7) is 8.51. The van der Waals surface area contributed by atoms with Crippen molar-refractivity contribution >= 4 is 56.6 Å². The van der Waals surface area contributed by atoms with Crippen LogP contribution in [-0.2, 0) is 31.9 Å². The molecule has 0 radical (unpaired) electrons. The average Bonchev–Trinajstić information content (AvgIpc) is 3.80. The summed E-state index contributed by atoms with van der Waals surface area (Å²) in [5.41, 5.74) is 2.23. The number of unbranched alkanes of at least 4 members (excludes halogenated alkanes) is 3. The SMILES string of the molecule is CCCCC/C=C\C/C=C\C/C=C\C/C=C\C/C=C\CCC(O)OC(C(=O)OCC)N1C(=O)Cc2cc(CCN3CCN(c4nsc5ccccc45)CC3)c(Cl)cc21. The number of nitrogens with zero attached hydrogens (tertiary/aromatic N) is 4. The van der Waals surface area contributed by atoms with E-state index in [1.54, 1.807) is 24.5 Å². The highest BCUT2D eigenvalue weighted by molar-refractivity contribution is 7.13. The van der Waals surface area contributed by atoms with Gasteiger partial charge in [0.25, 0.3) is 0 Å². The number of aromatic nitrogens is 1. The largest absolute Gasteiger partial charge is 0.463 e. The van der Waals surface area contributed by atoms with Gasteiger partial charge in [-0.3, -0.25) is 14.6 Å². The third-order valence-corrected chi connectivity index (χ3v) is 11.5. The van der Waals surface area contributed by atoms with Crippen LogP contribution < -0.4 is 9.80 Å². The number of halogens is 1. The minimum absolute atomic E-state index is 0.107. The lowest BCUT2D eigenvalue weighted by molar-refractivity contribution is -0.181. The molecule has 1 fully saturated rings. The van der Waals surface area contributed by atoms with Gasteiger partial charge in [0.05, 0.1) is 23.4 Å². The predicted octanol–water partition coefficient (Wildman–Crippen LogP) is 10.1. The number of ether oxygens (including phenoxy) is 2. The number of hydrogen-bond acceptors (Lipinski definition) is 9. The molecule has 5 rings (SSSR count). The van der Waals surface area contributed by atoms with Gasteiger partial charge in [-0.1, -0.05) is 110 Å².